The minimum Gasteiger partial charge on any atom is -0.325 e. The van der Waals surface area contributed by atoms with Gasteiger partial charge in [0.25, 0.3) is 0 Å². The molecule has 0 bridgehead atoms. The summed E-state index contributed by atoms with van der Waals surface area (Å²) in [4.78, 5) is 12.2. The van der Waals surface area contributed by atoms with Crippen molar-refractivity contribution in [2.75, 3.05) is 5.32 Å². The van der Waals surface area contributed by atoms with Crippen LogP contribution in [0.2, 0.25) is 0 Å². The number of hydrogen-bond acceptors (Lipinski definition) is 2. The highest BCUT2D eigenvalue weighted by Gasteiger charge is 2.24. The second kappa shape index (κ2) is 5.96. The number of piperidine rings is 1. The van der Waals surface area contributed by atoms with Crippen molar-refractivity contribution in [3.63, 3.8) is 0 Å². The molecule has 1 aromatic carbocycles. The van der Waals surface area contributed by atoms with Crippen molar-refractivity contribution in [1.29, 1.82) is 0 Å². The average Bonchev–Trinajstić information content (AvgIpc) is 2.38. The van der Waals surface area contributed by atoms with E-state index in [-0.39, 0.29) is 17.4 Å². The molecule has 1 saturated heterocycles. The minimum atomic E-state index is -0.0546. The SMILES string of the molecule is CC1CCCC(C(=O)Nc2ccc(C(C)(C)C)cc2)N1. The monoisotopic (exact) mass is 274 g/mol. The predicted molar refractivity (Wildman–Crippen MR) is 84.0 cm³/mol. The molecule has 2 unspecified atom stereocenters. The molecule has 20 heavy (non-hydrogen) atoms. The van der Waals surface area contributed by atoms with E-state index in [0.29, 0.717) is 6.04 Å². The van der Waals surface area contributed by atoms with E-state index in [2.05, 4.69) is 50.5 Å². The zero-order chi connectivity index (χ0) is 14.8. The van der Waals surface area contributed by atoms with Crippen LogP contribution in [-0.2, 0) is 10.2 Å². The summed E-state index contributed by atoms with van der Waals surface area (Å²) < 4.78 is 0. The topological polar surface area (TPSA) is 41.1 Å². The molecule has 0 saturated carbocycles. The fraction of sp³-hybridized carbons (Fsp3) is 0.588. The summed E-state index contributed by atoms with van der Waals surface area (Å²) >= 11 is 0. The van der Waals surface area contributed by atoms with Gasteiger partial charge in [0.05, 0.1) is 6.04 Å². The third-order valence-electron chi connectivity index (χ3n) is 3.95. The Morgan fingerprint density at radius 3 is 2.40 bits per heavy atom. The second-order valence-electron chi connectivity index (χ2n) is 6.87. The number of carbonyl (C=O) groups is 1. The van der Waals surface area contributed by atoms with Crippen LogP contribution in [0.3, 0.4) is 0 Å². The summed E-state index contributed by atoms with van der Waals surface area (Å²) in [5, 5.41) is 6.37. The molecule has 110 valence electrons. The summed E-state index contributed by atoms with van der Waals surface area (Å²) in [7, 11) is 0. The van der Waals surface area contributed by atoms with Crippen molar-refractivity contribution < 1.29 is 4.79 Å². The number of hydrogen-bond donors (Lipinski definition) is 2. The predicted octanol–water partition coefficient (Wildman–Crippen LogP) is 3.45. The zero-order valence-electron chi connectivity index (χ0n) is 13.0. The van der Waals surface area contributed by atoms with Crippen molar-refractivity contribution >= 4 is 11.6 Å². The van der Waals surface area contributed by atoms with Gasteiger partial charge in [-0.3, -0.25) is 4.79 Å². The largest absolute Gasteiger partial charge is 0.325 e. The normalized spacial score (nSPS) is 23.4. The fourth-order valence-electron chi connectivity index (χ4n) is 2.63. The van der Waals surface area contributed by atoms with E-state index in [9.17, 15) is 4.79 Å². The molecule has 3 heteroatoms. The number of carbonyl (C=O) groups excluding carboxylic acids is 1. The molecular formula is C17H26N2O. The molecular weight excluding hydrogens is 248 g/mol. The molecule has 1 aliphatic heterocycles. The van der Waals surface area contributed by atoms with Gasteiger partial charge >= 0.3 is 0 Å². The summed E-state index contributed by atoms with van der Waals surface area (Å²) in [6.45, 7) is 8.70. The smallest absolute Gasteiger partial charge is 0.241 e. The summed E-state index contributed by atoms with van der Waals surface area (Å²) in [5.74, 6) is 0.0834. The van der Waals surface area contributed by atoms with E-state index in [4.69, 9.17) is 0 Å². The van der Waals surface area contributed by atoms with E-state index >= 15 is 0 Å². The Labute approximate surface area is 122 Å². The first-order chi connectivity index (χ1) is 9.36. The van der Waals surface area contributed by atoms with E-state index in [1.54, 1.807) is 0 Å². The number of rotatable bonds is 2. The van der Waals surface area contributed by atoms with Crippen LogP contribution >= 0.6 is 0 Å². The van der Waals surface area contributed by atoms with Crippen molar-refractivity contribution in [2.45, 2.75) is 64.5 Å². The fourth-order valence-corrected chi connectivity index (χ4v) is 2.63. The molecule has 1 fully saturated rings. The number of anilines is 1. The Bertz CT molecular complexity index is 459. The van der Waals surface area contributed by atoms with Gasteiger partial charge in [0.15, 0.2) is 0 Å². The van der Waals surface area contributed by atoms with Gasteiger partial charge in [-0.2, -0.15) is 0 Å². The molecule has 0 spiro atoms. The molecule has 0 aromatic heterocycles. The molecule has 0 aliphatic carbocycles. The minimum absolute atomic E-state index is 0.0546. The average molecular weight is 274 g/mol. The molecule has 0 radical (unpaired) electrons. The summed E-state index contributed by atoms with van der Waals surface area (Å²) in [5.41, 5.74) is 2.30. The Kier molecular flexibility index (Phi) is 4.48. The van der Waals surface area contributed by atoms with Gasteiger partial charge in [0.2, 0.25) is 5.91 Å². The molecule has 1 heterocycles. The molecule has 1 amide bonds. The van der Waals surface area contributed by atoms with Crippen LogP contribution < -0.4 is 10.6 Å². The van der Waals surface area contributed by atoms with E-state index < -0.39 is 0 Å². The number of benzene rings is 1. The first-order valence-corrected chi connectivity index (χ1v) is 7.54. The van der Waals surface area contributed by atoms with Gasteiger partial charge in [-0.05, 0) is 49.3 Å². The zero-order valence-corrected chi connectivity index (χ0v) is 13.0. The number of amides is 1. The van der Waals surface area contributed by atoms with Gasteiger partial charge in [0, 0.05) is 11.7 Å². The van der Waals surface area contributed by atoms with Gasteiger partial charge < -0.3 is 10.6 Å². The van der Waals surface area contributed by atoms with E-state index in [0.717, 1.165) is 24.9 Å². The quantitative estimate of drug-likeness (QED) is 0.867. The van der Waals surface area contributed by atoms with Crippen molar-refractivity contribution in [2.24, 2.45) is 0 Å². The first-order valence-electron chi connectivity index (χ1n) is 7.54. The van der Waals surface area contributed by atoms with Crippen LogP contribution in [0.4, 0.5) is 5.69 Å². The lowest BCUT2D eigenvalue weighted by Gasteiger charge is -2.28. The first kappa shape index (κ1) is 15.0. The highest BCUT2D eigenvalue weighted by molar-refractivity contribution is 5.94. The van der Waals surface area contributed by atoms with E-state index in [1.807, 2.05) is 12.1 Å². The summed E-state index contributed by atoms with van der Waals surface area (Å²) in [6.07, 6.45) is 3.20. The lowest BCUT2D eigenvalue weighted by Crippen LogP contribution is -2.47. The lowest BCUT2D eigenvalue weighted by molar-refractivity contribution is -0.118. The maximum Gasteiger partial charge on any atom is 0.241 e. The van der Waals surface area contributed by atoms with Crippen molar-refractivity contribution in [3.05, 3.63) is 29.8 Å². The van der Waals surface area contributed by atoms with Crippen LogP contribution in [0, 0.1) is 0 Å². The molecule has 2 rings (SSSR count). The van der Waals surface area contributed by atoms with Crippen molar-refractivity contribution in [3.8, 4) is 0 Å². The summed E-state index contributed by atoms with van der Waals surface area (Å²) in [6, 6.07) is 8.54. The molecule has 1 aliphatic rings. The number of nitrogens with one attached hydrogen (secondary N) is 2. The third-order valence-corrected chi connectivity index (χ3v) is 3.95. The van der Waals surface area contributed by atoms with Crippen molar-refractivity contribution in [1.82, 2.24) is 5.32 Å². The third kappa shape index (κ3) is 3.83. The van der Waals surface area contributed by atoms with Crippen LogP contribution in [-0.4, -0.2) is 18.0 Å². The van der Waals surface area contributed by atoms with Gasteiger partial charge in [0.1, 0.15) is 0 Å². The maximum absolute atomic E-state index is 12.2. The van der Waals surface area contributed by atoms with E-state index in [1.165, 1.54) is 5.56 Å². The lowest BCUT2D eigenvalue weighted by atomic mass is 9.87. The Morgan fingerprint density at radius 2 is 1.85 bits per heavy atom. The Morgan fingerprint density at radius 1 is 1.20 bits per heavy atom. The van der Waals surface area contributed by atoms with Gasteiger partial charge in [-0.1, -0.05) is 32.9 Å². The Hall–Kier alpha value is -1.35. The van der Waals surface area contributed by atoms with Crippen LogP contribution in [0.15, 0.2) is 24.3 Å². The molecule has 3 nitrogen and oxygen atoms in total. The highest BCUT2D eigenvalue weighted by Crippen LogP contribution is 2.23. The molecule has 1 aromatic rings. The Balaban J connectivity index is 1.97. The van der Waals surface area contributed by atoms with Gasteiger partial charge in [-0.15, -0.1) is 0 Å². The molecule has 2 N–H and O–H groups in total. The van der Waals surface area contributed by atoms with Crippen LogP contribution in [0.25, 0.3) is 0 Å². The highest BCUT2D eigenvalue weighted by atomic mass is 16.2. The van der Waals surface area contributed by atoms with Gasteiger partial charge in [-0.25, -0.2) is 0 Å². The second-order valence-corrected chi connectivity index (χ2v) is 6.87. The van der Waals surface area contributed by atoms with Crippen LogP contribution in [0.5, 0.6) is 0 Å². The standard InChI is InChI=1S/C17H26N2O/c1-12-6-5-7-15(18-12)16(20)19-14-10-8-13(9-11-14)17(2,3)4/h8-12,15,18H,5-7H2,1-4H3,(H,19,20). The maximum atomic E-state index is 12.2. The molecule has 2 atom stereocenters. The van der Waals surface area contributed by atoms with Crippen LogP contribution in [0.1, 0.15) is 52.5 Å².